The van der Waals surface area contributed by atoms with Crippen LogP contribution in [0.3, 0.4) is 0 Å². The summed E-state index contributed by atoms with van der Waals surface area (Å²) >= 11 is 0. The Labute approximate surface area is 136 Å². The zero-order chi connectivity index (χ0) is 16.4. The smallest absolute Gasteiger partial charge is 0.263 e. The zero-order valence-electron chi connectivity index (χ0n) is 13.3. The lowest BCUT2D eigenvalue weighted by atomic mass is 9.92. The molecular formula is C16H20N4O2S. The van der Waals surface area contributed by atoms with Gasteiger partial charge in [0, 0.05) is 20.2 Å². The van der Waals surface area contributed by atoms with Gasteiger partial charge in [0.05, 0.1) is 4.90 Å². The van der Waals surface area contributed by atoms with E-state index in [1.165, 1.54) is 18.3 Å². The average Bonchev–Trinajstić information content (AvgIpc) is 2.54. The van der Waals surface area contributed by atoms with E-state index in [1.807, 2.05) is 20.2 Å². The van der Waals surface area contributed by atoms with Gasteiger partial charge in [0.2, 0.25) is 0 Å². The number of anilines is 2. The van der Waals surface area contributed by atoms with Gasteiger partial charge in [-0.2, -0.15) is 0 Å². The van der Waals surface area contributed by atoms with Crippen molar-refractivity contribution in [2.24, 2.45) is 0 Å². The third kappa shape index (κ3) is 3.44. The first-order chi connectivity index (χ1) is 11.0. The Morgan fingerprint density at radius 2 is 1.78 bits per heavy atom. The molecule has 23 heavy (non-hydrogen) atoms. The molecule has 0 bridgehead atoms. The molecule has 0 unspecified atom stereocenters. The van der Waals surface area contributed by atoms with E-state index in [1.54, 1.807) is 23.1 Å². The van der Waals surface area contributed by atoms with Crippen LogP contribution in [-0.4, -0.2) is 32.5 Å². The summed E-state index contributed by atoms with van der Waals surface area (Å²) in [6.45, 7) is 0. The predicted octanol–water partition coefficient (Wildman–Crippen LogP) is 2.22. The van der Waals surface area contributed by atoms with Crippen LogP contribution in [0.5, 0.6) is 0 Å². The number of hydrogen-bond donors (Lipinski definition) is 1. The minimum Gasteiger partial charge on any atom is -0.363 e. The number of sulfonamides is 1. The van der Waals surface area contributed by atoms with Crippen molar-refractivity contribution in [3.63, 3.8) is 0 Å². The number of aryl methyl sites for hydroxylation is 2. The van der Waals surface area contributed by atoms with Gasteiger partial charge >= 0.3 is 0 Å². The lowest BCUT2D eigenvalue weighted by Crippen LogP contribution is -2.16. The summed E-state index contributed by atoms with van der Waals surface area (Å²) in [7, 11) is 0.0267. The highest BCUT2D eigenvalue weighted by Gasteiger charge is 2.18. The molecule has 0 atom stereocenters. The average molecular weight is 332 g/mol. The largest absolute Gasteiger partial charge is 0.363 e. The van der Waals surface area contributed by atoms with Gasteiger partial charge < -0.3 is 4.90 Å². The molecule has 0 saturated carbocycles. The van der Waals surface area contributed by atoms with E-state index in [4.69, 9.17) is 0 Å². The number of hydrogen-bond acceptors (Lipinski definition) is 5. The maximum atomic E-state index is 12.6. The standard InChI is InChI=1S/C16H20N4O2S/c1-20(2)16-10-15(17-11-18-16)19-23(21,22)14-8-7-12-5-3-4-6-13(12)9-14/h7-11H,3-6H2,1-2H3,(H,17,18,19). The first-order valence-corrected chi connectivity index (χ1v) is 9.08. The van der Waals surface area contributed by atoms with Gasteiger partial charge in [-0.1, -0.05) is 6.07 Å². The van der Waals surface area contributed by atoms with E-state index >= 15 is 0 Å². The molecular weight excluding hydrogens is 312 g/mol. The summed E-state index contributed by atoms with van der Waals surface area (Å²) in [5.41, 5.74) is 2.39. The van der Waals surface area contributed by atoms with E-state index in [2.05, 4.69) is 14.7 Å². The van der Waals surface area contributed by atoms with Crippen LogP contribution in [0, 0.1) is 0 Å². The summed E-state index contributed by atoms with van der Waals surface area (Å²) in [4.78, 5) is 10.1. The molecule has 122 valence electrons. The Hall–Kier alpha value is -2.15. The van der Waals surface area contributed by atoms with Crippen LogP contribution in [0.4, 0.5) is 11.6 Å². The van der Waals surface area contributed by atoms with Crippen molar-refractivity contribution < 1.29 is 8.42 Å². The van der Waals surface area contributed by atoms with E-state index in [9.17, 15) is 8.42 Å². The number of nitrogens with one attached hydrogen (secondary N) is 1. The van der Waals surface area contributed by atoms with Crippen molar-refractivity contribution >= 4 is 21.7 Å². The van der Waals surface area contributed by atoms with Gasteiger partial charge in [-0.05, 0) is 48.9 Å². The molecule has 1 aliphatic carbocycles. The zero-order valence-corrected chi connectivity index (χ0v) is 14.1. The Bertz CT molecular complexity index is 819. The van der Waals surface area contributed by atoms with Gasteiger partial charge in [0.15, 0.2) is 0 Å². The molecule has 0 amide bonds. The number of nitrogens with zero attached hydrogens (tertiary/aromatic N) is 3. The first-order valence-electron chi connectivity index (χ1n) is 7.60. The molecule has 0 saturated heterocycles. The lowest BCUT2D eigenvalue weighted by Gasteiger charge is -2.17. The maximum absolute atomic E-state index is 12.6. The van der Waals surface area contributed by atoms with Crippen molar-refractivity contribution in [1.29, 1.82) is 0 Å². The van der Waals surface area contributed by atoms with Gasteiger partial charge in [-0.3, -0.25) is 4.72 Å². The van der Waals surface area contributed by atoms with Crippen molar-refractivity contribution in [3.8, 4) is 0 Å². The van der Waals surface area contributed by atoms with Gasteiger partial charge in [-0.15, -0.1) is 0 Å². The molecule has 1 N–H and O–H groups in total. The maximum Gasteiger partial charge on any atom is 0.263 e. The fraction of sp³-hybridized carbons (Fsp3) is 0.375. The molecule has 0 aliphatic heterocycles. The quantitative estimate of drug-likeness (QED) is 0.929. The monoisotopic (exact) mass is 332 g/mol. The Kier molecular flexibility index (Phi) is 4.21. The Morgan fingerprint density at radius 3 is 2.52 bits per heavy atom. The summed E-state index contributed by atoms with van der Waals surface area (Å²) in [6.07, 6.45) is 5.60. The van der Waals surface area contributed by atoms with Crippen LogP contribution in [0.2, 0.25) is 0 Å². The Morgan fingerprint density at radius 1 is 1.04 bits per heavy atom. The molecule has 0 fully saturated rings. The highest BCUT2D eigenvalue weighted by molar-refractivity contribution is 7.92. The molecule has 1 aromatic heterocycles. The highest BCUT2D eigenvalue weighted by atomic mass is 32.2. The second-order valence-electron chi connectivity index (χ2n) is 5.90. The molecule has 1 aromatic carbocycles. The number of aromatic nitrogens is 2. The number of rotatable bonds is 4. The second kappa shape index (κ2) is 6.16. The van der Waals surface area contributed by atoms with Gasteiger partial charge in [-0.25, -0.2) is 18.4 Å². The van der Waals surface area contributed by atoms with Crippen LogP contribution in [0.1, 0.15) is 24.0 Å². The summed E-state index contributed by atoms with van der Waals surface area (Å²) in [6, 6.07) is 6.98. The molecule has 6 nitrogen and oxygen atoms in total. The normalized spacial score (nSPS) is 14.2. The molecule has 1 heterocycles. The summed E-state index contributed by atoms with van der Waals surface area (Å²) in [5.74, 6) is 0.907. The lowest BCUT2D eigenvalue weighted by molar-refractivity contribution is 0.600. The van der Waals surface area contributed by atoms with Crippen LogP contribution in [-0.2, 0) is 22.9 Å². The number of fused-ring (bicyclic) bond motifs is 1. The SMILES string of the molecule is CN(C)c1cc(NS(=O)(=O)c2ccc3c(c2)CCCC3)ncn1. The molecule has 1 aliphatic rings. The van der Waals surface area contributed by atoms with Gasteiger partial charge in [0.1, 0.15) is 18.0 Å². The van der Waals surface area contributed by atoms with E-state index in [-0.39, 0.29) is 10.7 Å². The van der Waals surface area contributed by atoms with Crippen LogP contribution < -0.4 is 9.62 Å². The second-order valence-corrected chi connectivity index (χ2v) is 7.58. The van der Waals surface area contributed by atoms with E-state index < -0.39 is 10.0 Å². The van der Waals surface area contributed by atoms with Crippen LogP contribution in [0.25, 0.3) is 0 Å². The molecule has 7 heteroatoms. The molecule has 3 rings (SSSR count). The van der Waals surface area contributed by atoms with Crippen molar-refractivity contribution in [2.75, 3.05) is 23.7 Å². The van der Waals surface area contributed by atoms with E-state index in [0.717, 1.165) is 24.8 Å². The van der Waals surface area contributed by atoms with Crippen molar-refractivity contribution in [2.45, 2.75) is 30.6 Å². The first kappa shape index (κ1) is 15.7. The fourth-order valence-corrected chi connectivity index (χ4v) is 3.77. The van der Waals surface area contributed by atoms with E-state index in [0.29, 0.717) is 5.82 Å². The third-order valence-corrected chi connectivity index (χ3v) is 5.33. The minimum atomic E-state index is -3.65. The molecule has 0 spiro atoms. The topological polar surface area (TPSA) is 75.2 Å². The van der Waals surface area contributed by atoms with Gasteiger partial charge in [0.25, 0.3) is 10.0 Å². The van der Waals surface area contributed by atoms with Crippen molar-refractivity contribution in [3.05, 3.63) is 41.7 Å². The summed E-state index contributed by atoms with van der Waals surface area (Å²) in [5, 5.41) is 0. The van der Waals surface area contributed by atoms with Crippen LogP contribution >= 0.6 is 0 Å². The van der Waals surface area contributed by atoms with Crippen molar-refractivity contribution in [1.82, 2.24) is 9.97 Å². The fourth-order valence-electron chi connectivity index (χ4n) is 2.72. The van der Waals surface area contributed by atoms with Crippen LogP contribution in [0.15, 0.2) is 35.5 Å². The predicted molar refractivity (Wildman–Crippen MR) is 90.3 cm³/mol. The number of benzene rings is 1. The highest BCUT2D eigenvalue weighted by Crippen LogP contribution is 2.25. The molecule has 0 radical (unpaired) electrons. The third-order valence-electron chi connectivity index (χ3n) is 3.98. The minimum absolute atomic E-state index is 0.265. The Balaban J connectivity index is 1.88. The summed E-state index contributed by atoms with van der Waals surface area (Å²) < 4.78 is 27.7. The molecule has 2 aromatic rings.